The Morgan fingerprint density at radius 1 is 1.12 bits per heavy atom. The Morgan fingerprint density at radius 3 is 2.56 bits per heavy atom. The molecule has 1 aromatic carbocycles. The molecule has 0 spiro atoms. The third-order valence-electron chi connectivity index (χ3n) is 4.43. The van der Waals surface area contributed by atoms with Gasteiger partial charge in [-0.05, 0) is 32.9 Å². The Balaban J connectivity index is 1.87. The van der Waals surface area contributed by atoms with Crippen LogP contribution >= 0.6 is 0 Å². The highest BCUT2D eigenvalue weighted by molar-refractivity contribution is 5.73. The molecule has 25 heavy (non-hydrogen) atoms. The highest BCUT2D eigenvalue weighted by atomic mass is 16.5. The summed E-state index contributed by atoms with van der Waals surface area (Å²) in [6, 6.07) is 10.3. The number of morpholine rings is 1. The van der Waals surface area contributed by atoms with Gasteiger partial charge in [0.1, 0.15) is 5.82 Å². The normalized spacial score (nSPS) is 14.4. The quantitative estimate of drug-likeness (QED) is 0.871. The molecule has 0 amide bonds. The van der Waals surface area contributed by atoms with Crippen molar-refractivity contribution in [1.82, 2.24) is 9.97 Å². The molecule has 1 aromatic heterocycles. The fourth-order valence-electron chi connectivity index (χ4n) is 3.10. The van der Waals surface area contributed by atoms with E-state index in [0.717, 1.165) is 56.6 Å². The average molecular weight is 341 g/mol. The van der Waals surface area contributed by atoms with Crippen LogP contribution in [0.2, 0.25) is 0 Å². The molecule has 0 bridgehead atoms. The van der Waals surface area contributed by atoms with E-state index >= 15 is 0 Å². The summed E-state index contributed by atoms with van der Waals surface area (Å²) in [6.07, 6.45) is 0. The summed E-state index contributed by atoms with van der Waals surface area (Å²) in [7, 11) is 0. The fraction of sp³-hybridized carbons (Fsp3) is 0.474. The van der Waals surface area contributed by atoms with Crippen molar-refractivity contribution < 1.29 is 4.74 Å². The van der Waals surface area contributed by atoms with Crippen LogP contribution in [0.4, 0.5) is 23.1 Å². The minimum absolute atomic E-state index is 0.641. The molecule has 1 saturated heterocycles. The minimum atomic E-state index is 0.641. The molecule has 0 aliphatic carbocycles. The van der Waals surface area contributed by atoms with Crippen molar-refractivity contribution in [3.8, 4) is 0 Å². The lowest BCUT2D eigenvalue weighted by molar-refractivity contribution is 0.123. The van der Waals surface area contributed by atoms with Crippen molar-refractivity contribution in [3.05, 3.63) is 36.0 Å². The molecule has 0 unspecified atom stereocenters. The highest BCUT2D eigenvalue weighted by Gasteiger charge is 2.15. The third-order valence-corrected chi connectivity index (χ3v) is 4.43. The van der Waals surface area contributed by atoms with Gasteiger partial charge in [0, 0.05) is 37.9 Å². The first-order valence-electron chi connectivity index (χ1n) is 9.00. The number of para-hydroxylation sites is 2. The van der Waals surface area contributed by atoms with Gasteiger partial charge in [-0.3, -0.25) is 0 Å². The van der Waals surface area contributed by atoms with Crippen LogP contribution in [0.15, 0.2) is 30.3 Å². The number of aromatic nitrogens is 2. The first-order valence-corrected chi connectivity index (χ1v) is 9.00. The molecule has 1 aliphatic heterocycles. The first-order chi connectivity index (χ1) is 12.2. The van der Waals surface area contributed by atoms with Crippen LogP contribution in [0.1, 0.15) is 19.5 Å². The van der Waals surface area contributed by atoms with Crippen LogP contribution in [0.5, 0.6) is 0 Å². The number of hydrogen-bond acceptors (Lipinski definition) is 6. The molecule has 0 atom stereocenters. The van der Waals surface area contributed by atoms with Gasteiger partial charge in [0.25, 0.3) is 0 Å². The Hall–Kier alpha value is -2.34. The van der Waals surface area contributed by atoms with Gasteiger partial charge in [0.15, 0.2) is 0 Å². The number of nitrogens with one attached hydrogen (secondary N) is 1. The van der Waals surface area contributed by atoms with Gasteiger partial charge in [-0.15, -0.1) is 0 Å². The molecule has 1 fully saturated rings. The van der Waals surface area contributed by atoms with E-state index in [1.54, 1.807) is 0 Å². The van der Waals surface area contributed by atoms with Crippen molar-refractivity contribution in [2.75, 3.05) is 54.5 Å². The molecule has 2 aromatic rings. The van der Waals surface area contributed by atoms with E-state index in [9.17, 15) is 0 Å². The predicted octanol–water partition coefficient (Wildman–Crippen LogP) is 3.21. The van der Waals surface area contributed by atoms with Gasteiger partial charge in [0.2, 0.25) is 5.95 Å². The summed E-state index contributed by atoms with van der Waals surface area (Å²) < 4.78 is 5.47. The number of hydrogen-bond donors (Lipinski definition) is 1. The van der Waals surface area contributed by atoms with Crippen LogP contribution < -0.4 is 15.1 Å². The number of benzene rings is 1. The van der Waals surface area contributed by atoms with E-state index in [1.807, 2.05) is 19.1 Å². The number of aryl methyl sites for hydroxylation is 1. The maximum atomic E-state index is 5.47. The van der Waals surface area contributed by atoms with Crippen LogP contribution in [-0.2, 0) is 4.74 Å². The zero-order valence-corrected chi connectivity index (χ0v) is 15.3. The van der Waals surface area contributed by atoms with Crippen molar-refractivity contribution in [2.45, 2.75) is 20.8 Å². The van der Waals surface area contributed by atoms with Gasteiger partial charge in [-0.2, -0.15) is 4.98 Å². The summed E-state index contributed by atoms with van der Waals surface area (Å²) in [5.74, 6) is 1.60. The SMILES string of the molecule is CCN(CC)c1cc(C)nc(Nc2ccccc2N2CCOCC2)n1. The van der Waals surface area contributed by atoms with E-state index in [0.29, 0.717) is 5.95 Å². The van der Waals surface area contributed by atoms with Crippen molar-refractivity contribution in [1.29, 1.82) is 0 Å². The molecule has 2 heterocycles. The van der Waals surface area contributed by atoms with E-state index < -0.39 is 0 Å². The second-order valence-corrected chi connectivity index (χ2v) is 6.10. The van der Waals surface area contributed by atoms with E-state index in [-0.39, 0.29) is 0 Å². The van der Waals surface area contributed by atoms with Gasteiger partial charge >= 0.3 is 0 Å². The zero-order valence-electron chi connectivity index (χ0n) is 15.3. The topological polar surface area (TPSA) is 53.5 Å². The fourth-order valence-corrected chi connectivity index (χ4v) is 3.10. The lowest BCUT2D eigenvalue weighted by Gasteiger charge is -2.30. The Morgan fingerprint density at radius 2 is 1.84 bits per heavy atom. The van der Waals surface area contributed by atoms with Crippen molar-refractivity contribution >= 4 is 23.1 Å². The zero-order chi connectivity index (χ0) is 17.6. The predicted molar refractivity (Wildman–Crippen MR) is 103 cm³/mol. The van der Waals surface area contributed by atoms with E-state index in [2.05, 4.69) is 52.1 Å². The Labute approximate surface area is 149 Å². The second-order valence-electron chi connectivity index (χ2n) is 6.10. The number of rotatable bonds is 6. The van der Waals surface area contributed by atoms with Crippen LogP contribution in [0.3, 0.4) is 0 Å². The van der Waals surface area contributed by atoms with E-state index in [4.69, 9.17) is 9.72 Å². The lowest BCUT2D eigenvalue weighted by atomic mass is 10.2. The standard InChI is InChI=1S/C19H27N5O/c1-4-23(5-2)18-14-15(3)20-19(22-18)21-16-8-6-7-9-17(16)24-10-12-25-13-11-24/h6-9,14H,4-5,10-13H2,1-3H3,(H,20,21,22). The highest BCUT2D eigenvalue weighted by Crippen LogP contribution is 2.29. The van der Waals surface area contributed by atoms with E-state index in [1.165, 1.54) is 5.69 Å². The monoisotopic (exact) mass is 341 g/mol. The maximum absolute atomic E-state index is 5.47. The van der Waals surface area contributed by atoms with Crippen molar-refractivity contribution in [3.63, 3.8) is 0 Å². The van der Waals surface area contributed by atoms with Gasteiger partial charge < -0.3 is 19.9 Å². The van der Waals surface area contributed by atoms with Gasteiger partial charge in [-0.25, -0.2) is 4.98 Å². The average Bonchev–Trinajstić information content (AvgIpc) is 2.63. The largest absolute Gasteiger partial charge is 0.378 e. The van der Waals surface area contributed by atoms with Gasteiger partial charge in [-0.1, -0.05) is 12.1 Å². The number of ether oxygens (including phenoxy) is 1. The molecule has 1 N–H and O–H groups in total. The Bertz CT molecular complexity index is 696. The summed E-state index contributed by atoms with van der Waals surface area (Å²) in [4.78, 5) is 13.9. The summed E-state index contributed by atoms with van der Waals surface area (Å²) in [5.41, 5.74) is 3.16. The molecular weight excluding hydrogens is 314 g/mol. The molecule has 6 nitrogen and oxygen atoms in total. The lowest BCUT2D eigenvalue weighted by Crippen LogP contribution is -2.36. The summed E-state index contributed by atoms with van der Waals surface area (Å²) in [6.45, 7) is 11.5. The third kappa shape index (κ3) is 4.20. The van der Waals surface area contributed by atoms with Crippen molar-refractivity contribution in [2.24, 2.45) is 0 Å². The molecule has 1 aliphatic rings. The van der Waals surface area contributed by atoms with Crippen LogP contribution in [-0.4, -0.2) is 49.4 Å². The Kier molecular flexibility index (Phi) is 5.71. The molecule has 0 saturated carbocycles. The summed E-state index contributed by atoms with van der Waals surface area (Å²) >= 11 is 0. The molecular formula is C19H27N5O. The number of nitrogens with zero attached hydrogens (tertiary/aromatic N) is 4. The first kappa shape index (κ1) is 17.5. The van der Waals surface area contributed by atoms with Gasteiger partial charge in [0.05, 0.1) is 24.6 Å². The molecule has 3 rings (SSSR count). The van der Waals surface area contributed by atoms with Crippen LogP contribution in [0.25, 0.3) is 0 Å². The smallest absolute Gasteiger partial charge is 0.229 e. The maximum Gasteiger partial charge on any atom is 0.229 e. The number of anilines is 4. The second kappa shape index (κ2) is 8.16. The summed E-state index contributed by atoms with van der Waals surface area (Å²) in [5, 5.41) is 3.42. The minimum Gasteiger partial charge on any atom is -0.378 e. The molecule has 6 heteroatoms. The molecule has 0 radical (unpaired) electrons. The van der Waals surface area contributed by atoms with Crippen LogP contribution in [0, 0.1) is 6.92 Å². The molecule has 134 valence electrons.